The molecule has 2 amide bonds. The number of amides is 2. The highest BCUT2D eigenvalue weighted by molar-refractivity contribution is 5.96. The lowest BCUT2D eigenvalue weighted by atomic mass is 9.94. The van der Waals surface area contributed by atoms with Crippen LogP contribution in [0.1, 0.15) is 66.9 Å². The lowest BCUT2D eigenvalue weighted by Gasteiger charge is -2.33. The molecule has 1 atom stereocenters. The summed E-state index contributed by atoms with van der Waals surface area (Å²) in [6.07, 6.45) is 8.39. The molecule has 3 aromatic rings. The number of carbonyl (C=O) groups excluding carboxylic acids is 2. The molecule has 0 radical (unpaired) electrons. The van der Waals surface area contributed by atoms with E-state index in [1.165, 1.54) is 11.3 Å². The highest BCUT2D eigenvalue weighted by Gasteiger charge is 2.36. The lowest BCUT2D eigenvalue weighted by Crippen LogP contribution is -2.47. The summed E-state index contributed by atoms with van der Waals surface area (Å²) in [6.45, 7) is 2.46. The van der Waals surface area contributed by atoms with E-state index in [-0.39, 0.29) is 30.1 Å². The molecular formula is C27H31N3O4. The number of benzene rings is 1. The Morgan fingerprint density at radius 3 is 2.59 bits per heavy atom. The van der Waals surface area contributed by atoms with Gasteiger partial charge < -0.3 is 19.4 Å². The quantitative estimate of drug-likeness (QED) is 0.490. The third-order valence-electron chi connectivity index (χ3n) is 6.08. The van der Waals surface area contributed by atoms with Gasteiger partial charge in [0.25, 0.3) is 5.91 Å². The van der Waals surface area contributed by atoms with Gasteiger partial charge in [0.1, 0.15) is 23.2 Å². The highest BCUT2D eigenvalue weighted by Crippen LogP contribution is 2.33. The van der Waals surface area contributed by atoms with E-state index in [0.29, 0.717) is 23.7 Å². The summed E-state index contributed by atoms with van der Waals surface area (Å²) in [6, 6.07) is 15.3. The summed E-state index contributed by atoms with van der Waals surface area (Å²) >= 11 is 0. The Morgan fingerprint density at radius 1 is 1.09 bits per heavy atom. The molecule has 0 bridgehead atoms. The van der Waals surface area contributed by atoms with E-state index >= 15 is 0 Å². The van der Waals surface area contributed by atoms with E-state index in [1.54, 1.807) is 42.8 Å². The van der Waals surface area contributed by atoms with Crippen LogP contribution in [0.4, 0.5) is 0 Å². The van der Waals surface area contributed by atoms with Crippen LogP contribution in [0.5, 0.6) is 5.75 Å². The molecule has 34 heavy (non-hydrogen) atoms. The van der Waals surface area contributed by atoms with Crippen LogP contribution in [-0.2, 0) is 11.3 Å². The molecule has 1 aliphatic rings. The second-order valence-corrected chi connectivity index (χ2v) is 8.44. The van der Waals surface area contributed by atoms with Gasteiger partial charge in [-0.15, -0.1) is 0 Å². The second kappa shape index (κ2) is 11.5. The van der Waals surface area contributed by atoms with E-state index in [2.05, 4.69) is 10.3 Å². The Hall–Kier alpha value is -3.61. The number of aromatic nitrogens is 1. The molecule has 0 unspecified atom stereocenters. The number of ether oxygens (including phenoxy) is 1. The molecule has 7 heteroatoms. The van der Waals surface area contributed by atoms with Crippen molar-refractivity contribution in [2.75, 3.05) is 6.61 Å². The number of hydrogen-bond acceptors (Lipinski definition) is 5. The third kappa shape index (κ3) is 5.65. The number of hydrogen-bond donors (Lipinski definition) is 1. The molecule has 178 valence electrons. The van der Waals surface area contributed by atoms with Crippen molar-refractivity contribution in [3.05, 3.63) is 84.1 Å². The molecule has 1 saturated carbocycles. The fraction of sp³-hybridized carbons (Fsp3) is 0.370. The van der Waals surface area contributed by atoms with E-state index in [4.69, 9.17) is 9.15 Å². The van der Waals surface area contributed by atoms with Crippen LogP contribution in [-0.4, -0.2) is 34.3 Å². The zero-order valence-electron chi connectivity index (χ0n) is 19.5. The largest absolute Gasteiger partial charge is 0.494 e. The maximum absolute atomic E-state index is 13.9. The van der Waals surface area contributed by atoms with E-state index in [1.807, 2.05) is 31.2 Å². The van der Waals surface area contributed by atoms with Crippen LogP contribution in [0.2, 0.25) is 0 Å². The summed E-state index contributed by atoms with van der Waals surface area (Å²) in [5.41, 5.74) is 0.895. The normalized spacial score (nSPS) is 14.9. The number of nitrogens with one attached hydrogen (secondary N) is 1. The molecule has 7 nitrogen and oxygen atoms in total. The number of furan rings is 1. The first-order chi connectivity index (χ1) is 16.7. The Kier molecular flexibility index (Phi) is 7.96. The average Bonchev–Trinajstić information content (AvgIpc) is 3.39. The molecule has 1 N–H and O–H groups in total. The van der Waals surface area contributed by atoms with Crippen molar-refractivity contribution in [1.82, 2.24) is 15.2 Å². The van der Waals surface area contributed by atoms with Gasteiger partial charge in [-0.2, -0.15) is 0 Å². The van der Waals surface area contributed by atoms with Gasteiger partial charge in [-0.25, -0.2) is 0 Å². The van der Waals surface area contributed by atoms with E-state index in [9.17, 15) is 9.59 Å². The van der Waals surface area contributed by atoms with Crippen LogP contribution in [0.15, 0.2) is 71.5 Å². The van der Waals surface area contributed by atoms with Crippen LogP contribution in [0.3, 0.4) is 0 Å². The molecule has 4 rings (SSSR count). The van der Waals surface area contributed by atoms with Crippen molar-refractivity contribution in [1.29, 1.82) is 0 Å². The van der Waals surface area contributed by atoms with Gasteiger partial charge in [0.15, 0.2) is 0 Å². The summed E-state index contributed by atoms with van der Waals surface area (Å²) < 4.78 is 11.4. The maximum atomic E-state index is 13.9. The SMILES string of the molecule is CCOc1ccccc1[C@H](C(=O)NC1CCCCC1)N(Cc1ccco1)C(=O)c1ccccn1. The number of nitrogens with zero attached hydrogens (tertiary/aromatic N) is 2. The molecule has 2 aromatic heterocycles. The minimum atomic E-state index is -0.913. The minimum absolute atomic E-state index is 0.0958. The molecular weight excluding hydrogens is 430 g/mol. The van der Waals surface area contributed by atoms with Crippen LogP contribution < -0.4 is 10.1 Å². The third-order valence-corrected chi connectivity index (χ3v) is 6.08. The zero-order chi connectivity index (χ0) is 23.8. The Bertz CT molecular complexity index is 1060. The Labute approximate surface area is 200 Å². The van der Waals surface area contributed by atoms with Crippen molar-refractivity contribution in [2.24, 2.45) is 0 Å². The summed E-state index contributed by atoms with van der Waals surface area (Å²) in [5, 5.41) is 3.21. The van der Waals surface area contributed by atoms with Gasteiger partial charge in [0, 0.05) is 17.8 Å². The van der Waals surface area contributed by atoms with Crippen molar-refractivity contribution in [3.63, 3.8) is 0 Å². The number of para-hydroxylation sites is 1. The smallest absolute Gasteiger partial charge is 0.273 e. The second-order valence-electron chi connectivity index (χ2n) is 8.44. The lowest BCUT2D eigenvalue weighted by molar-refractivity contribution is -0.127. The molecule has 1 aliphatic carbocycles. The summed E-state index contributed by atoms with van der Waals surface area (Å²) in [7, 11) is 0. The number of rotatable bonds is 9. The van der Waals surface area contributed by atoms with Crippen molar-refractivity contribution < 1.29 is 18.7 Å². The van der Waals surface area contributed by atoms with Crippen molar-refractivity contribution in [2.45, 2.75) is 57.7 Å². The van der Waals surface area contributed by atoms with E-state index < -0.39 is 6.04 Å². The van der Waals surface area contributed by atoms with Gasteiger partial charge in [-0.05, 0) is 50.1 Å². The predicted octanol–water partition coefficient (Wildman–Crippen LogP) is 4.91. The Balaban J connectivity index is 1.76. The zero-order valence-corrected chi connectivity index (χ0v) is 19.5. The fourth-order valence-corrected chi connectivity index (χ4v) is 4.46. The average molecular weight is 462 g/mol. The molecule has 0 saturated heterocycles. The van der Waals surface area contributed by atoms with Crippen molar-refractivity contribution in [3.8, 4) is 5.75 Å². The first-order valence-corrected chi connectivity index (χ1v) is 11.9. The van der Waals surface area contributed by atoms with E-state index in [0.717, 1.165) is 25.7 Å². The first kappa shape index (κ1) is 23.5. The van der Waals surface area contributed by atoms with Crippen LogP contribution in [0.25, 0.3) is 0 Å². The van der Waals surface area contributed by atoms with Crippen LogP contribution in [0, 0.1) is 0 Å². The fourth-order valence-electron chi connectivity index (χ4n) is 4.46. The maximum Gasteiger partial charge on any atom is 0.273 e. The minimum Gasteiger partial charge on any atom is -0.494 e. The monoisotopic (exact) mass is 461 g/mol. The molecule has 0 spiro atoms. The van der Waals surface area contributed by atoms with Crippen LogP contribution >= 0.6 is 0 Å². The first-order valence-electron chi connectivity index (χ1n) is 11.9. The topological polar surface area (TPSA) is 84.7 Å². The summed E-state index contributed by atoms with van der Waals surface area (Å²) in [4.78, 5) is 33.4. The van der Waals surface area contributed by atoms with Gasteiger partial charge >= 0.3 is 0 Å². The molecule has 1 fully saturated rings. The summed E-state index contributed by atoms with van der Waals surface area (Å²) in [5.74, 6) is 0.572. The molecule has 2 heterocycles. The molecule has 0 aliphatic heterocycles. The number of carbonyl (C=O) groups is 2. The van der Waals surface area contributed by atoms with Crippen molar-refractivity contribution >= 4 is 11.8 Å². The van der Waals surface area contributed by atoms with Gasteiger partial charge in [-0.3, -0.25) is 14.6 Å². The van der Waals surface area contributed by atoms with Gasteiger partial charge in [0.2, 0.25) is 5.91 Å². The van der Waals surface area contributed by atoms with Gasteiger partial charge in [0.05, 0.1) is 19.4 Å². The standard InChI is InChI=1S/C27H31N3O4/c1-2-33-24-16-7-6-14-22(24)25(26(31)29-20-11-4-3-5-12-20)30(19-21-13-10-18-34-21)27(32)23-15-8-9-17-28-23/h6-10,13-18,20,25H,2-5,11-12,19H2,1H3,(H,29,31)/t25-/m1/s1. The predicted molar refractivity (Wildman–Crippen MR) is 128 cm³/mol. The highest BCUT2D eigenvalue weighted by atomic mass is 16.5. The Morgan fingerprint density at radius 2 is 1.88 bits per heavy atom. The number of pyridine rings is 1. The molecule has 1 aromatic carbocycles. The van der Waals surface area contributed by atoms with Gasteiger partial charge in [-0.1, -0.05) is 43.5 Å².